The maximum atomic E-state index is 5.49. The molecule has 1 aliphatic rings. The average molecular weight is 269 g/mol. The monoisotopic (exact) mass is 269 g/mol. The van der Waals surface area contributed by atoms with E-state index >= 15 is 0 Å². The van der Waals surface area contributed by atoms with Gasteiger partial charge in [0.2, 0.25) is 0 Å². The molecule has 1 saturated carbocycles. The van der Waals surface area contributed by atoms with Crippen molar-refractivity contribution in [3.63, 3.8) is 0 Å². The van der Waals surface area contributed by atoms with Gasteiger partial charge in [0.05, 0.1) is 0 Å². The second-order valence-corrected chi connectivity index (χ2v) is 6.48. The van der Waals surface area contributed by atoms with Crippen LogP contribution >= 0.6 is 0 Å². The fourth-order valence-corrected chi connectivity index (χ4v) is 3.42. The van der Waals surface area contributed by atoms with Gasteiger partial charge in [-0.1, -0.05) is 20.8 Å². The maximum absolute atomic E-state index is 5.49. The van der Waals surface area contributed by atoms with Crippen LogP contribution in [-0.2, 0) is 4.74 Å². The molecule has 114 valence electrons. The van der Waals surface area contributed by atoms with Gasteiger partial charge in [0.15, 0.2) is 0 Å². The van der Waals surface area contributed by atoms with E-state index in [2.05, 4.69) is 33.0 Å². The first-order valence-corrected chi connectivity index (χ1v) is 8.50. The van der Waals surface area contributed by atoms with Crippen molar-refractivity contribution in [2.45, 2.75) is 72.3 Å². The van der Waals surface area contributed by atoms with Crippen molar-refractivity contribution in [3.05, 3.63) is 0 Å². The molecule has 1 N–H and O–H groups in total. The number of nitrogens with one attached hydrogen (secondary N) is 1. The minimum atomic E-state index is 0.761. The van der Waals surface area contributed by atoms with Crippen LogP contribution in [-0.4, -0.2) is 25.8 Å². The lowest BCUT2D eigenvalue weighted by Gasteiger charge is -2.38. The minimum Gasteiger partial charge on any atom is -0.382 e. The van der Waals surface area contributed by atoms with Crippen molar-refractivity contribution in [3.8, 4) is 0 Å². The second kappa shape index (κ2) is 9.77. The summed E-state index contributed by atoms with van der Waals surface area (Å²) in [7, 11) is 0. The Bertz CT molecular complexity index is 217. The number of hydrogen-bond donors (Lipinski definition) is 1. The summed E-state index contributed by atoms with van der Waals surface area (Å²) in [6.07, 6.45) is 8.03. The summed E-state index contributed by atoms with van der Waals surface area (Å²) in [5.41, 5.74) is 0. The van der Waals surface area contributed by atoms with Gasteiger partial charge in [-0.3, -0.25) is 0 Å². The Morgan fingerprint density at radius 3 is 2.63 bits per heavy atom. The topological polar surface area (TPSA) is 21.3 Å². The molecule has 1 fully saturated rings. The molecule has 0 aromatic carbocycles. The molecule has 0 aliphatic heterocycles. The van der Waals surface area contributed by atoms with Gasteiger partial charge in [-0.25, -0.2) is 0 Å². The van der Waals surface area contributed by atoms with Crippen LogP contribution in [0.25, 0.3) is 0 Å². The van der Waals surface area contributed by atoms with E-state index in [1.165, 1.54) is 45.1 Å². The van der Waals surface area contributed by atoms with Gasteiger partial charge in [0.1, 0.15) is 0 Å². The van der Waals surface area contributed by atoms with Gasteiger partial charge in [-0.05, 0) is 69.7 Å². The van der Waals surface area contributed by atoms with E-state index in [-0.39, 0.29) is 0 Å². The standard InChI is InChI=1S/C17H35NO/c1-5-11-18-17-10-9-15(14(3)4)13-16(17)8-7-12-19-6-2/h14-18H,5-13H2,1-4H3. The number of rotatable bonds is 9. The van der Waals surface area contributed by atoms with Crippen LogP contribution in [0.4, 0.5) is 0 Å². The van der Waals surface area contributed by atoms with Crippen molar-refractivity contribution in [1.29, 1.82) is 0 Å². The quantitative estimate of drug-likeness (QED) is 0.632. The van der Waals surface area contributed by atoms with Crippen molar-refractivity contribution >= 4 is 0 Å². The fraction of sp³-hybridized carbons (Fsp3) is 1.00. The molecule has 1 aliphatic carbocycles. The van der Waals surface area contributed by atoms with Gasteiger partial charge in [-0.2, -0.15) is 0 Å². The van der Waals surface area contributed by atoms with Crippen molar-refractivity contribution < 1.29 is 4.74 Å². The molecule has 0 spiro atoms. The average Bonchev–Trinajstić information content (AvgIpc) is 2.41. The third kappa shape index (κ3) is 6.27. The molecule has 0 aromatic heterocycles. The molecule has 3 atom stereocenters. The van der Waals surface area contributed by atoms with Crippen LogP contribution in [0.3, 0.4) is 0 Å². The predicted octanol–water partition coefficient (Wildman–Crippen LogP) is 4.24. The third-order valence-corrected chi connectivity index (χ3v) is 4.69. The summed E-state index contributed by atoms with van der Waals surface area (Å²) in [5, 5.41) is 3.78. The highest BCUT2D eigenvalue weighted by Crippen LogP contribution is 2.36. The van der Waals surface area contributed by atoms with Crippen LogP contribution < -0.4 is 5.32 Å². The van der Waals surface area contributed by atoms with Crippen molar-refractivity contribution in [2.75, 3.05) is 19.8 Å². The van der Waals surface area contributed by atoms with Crippen LogP contribution in [0.2, 0.25) is 0 Å². The summed E-state index contributed by atoms with van der Waals surface area (Å²) < 4.78 is 5.49. The molecule has 3 unspecified atom stereocenters. The maximum Gasteiger partial charge on any atom is 0.0466 e. The first kappa shape index (κ1) is 17.0. The summed E-state index contributed by atoms with van der Waals surface area (Å²) in [6, 6.07) is 0.761. The Labute approximate surface area is 120 Å². The van der Waals surface area contributed by atoms with Crippen LogP contribution in [0.15, 0.2) is 0 Å². The summed E-state index contributed by atoms with van der Waals surface area (Å²) in [4.78, 5) is 0. The van der Waals surface area contributed by atoms with E-state index in [4.69, 9.17) is 4.74 Å². The van der Waals surface area contributed by atoms with Gasteiger partial charge in [0, 0.05) is 19.3 Å². The highest BCUT2D eigenvalue weighted by Gasteiger charge is 2.30. The van der Waals surface area contributed by atoms with Gasteiger partial charge < -0.3 is 10.1 Å². The van der Waals surface area contributed by atoms with E-state index in [9.17, 15) is 0 Å². The number of ether oxygens (including phenoxy) is 1. The predicted molar refractivity (Wildman–Crippen MR) is 83.5 cm³/mol. The summed E-state index contributed by atoms with van der Waals surface area (Å²) in [5.74, 6) is 2.66. The molecule has 2 nitrogen and oxygen atoms in total. The van der Waals surface area contributed by atoms with Gasteiger partial charge in [0.25, 0.3) is 0 Å². The molecule has 0 aromatic rings. The highest BCUT2D eigenvalue weighted by atomic mass is 16.5. The van der Waals surface area contributed by atoms with Crippen LogP contribution in [0.1, 0.15) is 66.2 Å². The zero-order chi connectivity index (χ0) is 14.1. The molecule has 0 heterocycles. The Kier molecular flexibility index (Phi) is 8.72. The Hall–Kier alpha value is -0.0800. The smallest absolute Gasteiger partial charge is 0.0466 e. The van der Waals surface area contributed by atoms with Gasteiger partial charge in [-0.15, -0.1) is 0 Å². The fourth-order valence-electron chi connectivity index (χ4n) is 3.42. The molecule has 2 heteroatoms. The minimum absolute atomic E-state index is 0.761. The van der Waals surface area contributed by atoms with E-state index < -0.39 is 0 Å². The molecule has 19 heavy (non-hydrogen) atoms. The zero-order valence-electron chi connectivity index (χ0n) is 13.6. The Morgan fingerprint density at radius 2 is 2.00 bits per heavy atom. The molecule has 0 amide bonds. The Morgan fingerprint density at radius 1 is 1.21 bits per heavy atom. The lowest BCUT2D eigenvalue weighted by atomic mass is 9.72. The molecule has 1 rings (SSSR count). The molecule has 0 radical (unpaired) electrons. The van der Waals surface area contributed by atoms with Crippen molar-refractivity contribution in [1.82, 2.24) is 5.32 Å². The third-order valence-electron chi connectivity index (χ3n) is 4.69. The van der Waals surface area contributed by atoms with Crippen LogP contribution in [0, 0.1) is 17.8 Å². The van der Waals surface area contributed by atoms with Crippen LogP contribution in [0.5, 0.6) is 0 Å². The van der Waals surface area contributed by atoms with E-state index in [1.807, 2.05) is 0 Å². The van der Waals surface area contributed by atoms with Gasteiger partial charge >= 0.3 is 0 Å². The molecule has 0 saturated heterocycles. The number of hydrogen-bond acceptors (Lipinski definition) is 2. The largest absolute Gasteiger partial charge is 0.382 e. The Balaban J connectivity index is 2.40. The van der Waals surface area contributed by atoms with E-state index in [1.54, 1.807) is 0 Å². The SMILES string of the molecule is CCCNC1CCC(C(C)C)CC1CCCOCC. The van der Waals surface area contributed by atoms with E-state index in [0.29, 0.717) is 0 Å². The lowest BCUT2D eigenvalue weighted by molar-refractivity contribution is 0.119. The molecular weight excluding hydrogens is 234 g/mol. The highest BCUT2D eigenvalue weighted by molar-refractivity contribution is 4.85. The first-order chi connectivity index (χ1) is 9.19. The summed E-state index contributed by atoms with van der Waals surface area (Å²) >= 11 is 0. The lowest BCUT2D eigenvalue weighted by Crippen LogP contribution is -2.42. The molecular formula is C17H35NO. The first-order valence-electron chi connectivity index (χ1n) is 8.50. The zero-order valence-corrected chi connectivity index (χ0v) is 13.6. The van der Waals surface area contributed by atoms with Crippen molar-refractivity contribution in [2.24, 2.45) is 17.8 Å². The van der Waals surface area contributed by atoms with E-state index in [0.717, 1.165) is 37.0 Å². The summed E-state index contributed by atoms with van der Waals surface area (Å²) in [6.45, 7) is 12.1. The second-order valence-electron chi connectivity index (χ2n) is 6.48. The normalized spacial score (nSPS) is 27.9. The molecule has 0 bridgehead atoms.